The van der Waals surface area contributed by atoms with Gasteiger partial charge < -0.3 is 4.90 Å². The van der Waals surface area contributed by atoms with Gasteiger partial charge in [-0.3, -0.25) is 9.69 Å². The quantitative estimate of drug-likeness (QED) is 0.595. The van der Waals surface area contributed by atoms with Gasteiger partial charge in [0.25, 0.3) is 5.91 Å². The van der Waals surface area contributed by atoms with Crippen LogP contribution >= 0.6 is 23.7 Å². The van der Waals surface area contributed by atoms with E-state index in [1.54, 1.807) is 29.2 Å². The lowest BCUT2D eigenvalue weighted by Crippen LogP contribution is -2.33. The van der Waals surface area contributed by atoms with Crippen molar-refractivity contribution in [3.8, 4) is 0 Å². The molecule has 1 aromatic heterocycles. The lowest BCUT2D eigenvalue weighted by Gasteiger charge is -2.21. The number of nitrogens with zero attached hydrogens (tertiary/aromatic N) is 3. The van der Waals surface area contributed by atoms with Crippen LogP contribution in [0.5, 0.6) is 0 Å². The number of thiazole rings is 1. The summed E-state index contributed by atoms with van der Waals surface area (Å²) in [7, 11) is 3.92. The summed E-state index contributed by atoms with van der Waals surface area (Å²) in [6.07, 6.45) is 0.734. The Morgan fingerprint density at radius 1 is 1.11 bits per heavy atom. The van der Waals surface area contributed by atoms with Gasteiger partial charge in [0.05, 0.1) is 4.70 Å². The number of rotatable bonds is 6. The van der Waals surface area contributed by atoms with E-state index in [4.69, 9.17) is 0 Å². The third-order valence-corrected chi connectivity index (χ3v) is 4.91. The summed E-state index contributed by atoms with van der Waals surface area (Å²) in [6, 6.07) is 10.9. The molecule has 0 radical (unpaired) electrons. The number of anilines is 1. The second-order valence-electron chi connectivity index (χ2n) is 6.21. The van der Waals surface area contributed by atoms with Crippen LogP contribution in [0.2, 0.25) is 0 Å². The zero-order chi connectivity index (χ0) is 18.7. The summed E-state index contributed by atoms with van der Waals surface area (Å²) in [5.41, 5.74) is 0.619. The highest BCUT2D eigenvalue weighted by molar-refractivity contribution is 7.22. The van der Waals surface area contributed by atoms with E-state index in [0.717, 1.165) is 30.4 Å². The summed E-state index contributed by atoms with van der Waals surface area (Å²) in [4.78, 5) is 20.8. The zero-order valence-electron chi connectivity index (χ0n) is 15.0. The summed E-state index contributed by atoms with van der Waals surface area (Å²) >= 11 is 1.12. The number of carbonyl (C=O) groups excluding carboxylic acids is 1. The Bertz CT molecular complexity index is 918. The standard InChI is InChI=1S/C19H19F2N3OS.ClH/c1-23(2)9-6-10-24(18(25)13-7-4-3-5-8-13)19-22-17-15(21)11-14(20)12-16(17)26-19;/h3-5,7-8,11-12H,6,9-10H2,1-2H3;1H. The van der Waals surface area contributed by atoms with E-state index >= 15 is 0 Å². The van der Waals surface area contributed by atoms with Crippen LogP contribution in [0.25, 0.3) is 10.2 Å². The minimum absolute atomic E-state index is 0. The topological polar surface area (TPSA) is 36.4 Å². The molecular weight excluding hydrogens is 392 g/mol. The summed E-state index contributed by atoms with van der Waals surface area (Å²) in [5, 5.41) is 0.372. The van der Waals surface area contributed by atoms with E-state index in [9.17, 15) is 13.6 Å². The van der Waals surface area contributed by atoms with E-state index < -0.39 is 11.6 Å². The highest BCUT2D eigenvalue weighted by Crippen LogP contribution is 2.32. The molecule has 1 heterocycles. The van der Waals surface area contributed by atoms with Crippen molar-refractivity contribution < 1.29 is 13.6 Å². The second kappa shape index (κ2) is 9.21. The Hall–Kier alpha value is -2.09. The number of hydrogen-bond donors (Lipinski definition) is 0. The molecule has 0 saturated heterocycles. The normalized spacial score (nSPS) is 10.9. The van der Waals surface area contributed by atoms with E-state index in [1.807, 2.05) is 25.1 Å². The van der Waals surface area contributed by atoms with E-state index in [2.05, 4.69) is 4.98 Å². The molecule has 0 atom stereocenters. The highest BCUT2D eigenvalue weighted by Gasteiger charge is 2.22. The van der Waals surface area contributed by atoms with Crippen molar-refractivity contribution in [3.05, 3.63) is 59.7 Å². The predicted molar refractivity (Wildman–Crippen MR) is 108 cm³/mol. The minimum atomic E-state index is -0.720. The monoisotopic (exact) mass is 411 g/mol. The van der Waals surface area contributed by atoms with Crippen LogP contribution in [0.15, 0.2) is 42.5 Å². The van der Waals surface area contributed by atoms with Gasteiger partial charge in [-0.05, 0) is 45.3 Å². The number of amides is 1. The minimum Gasteiger partial charge on any atom is -0.309 e. The van der Waals surface area contributed by atoms with Crippen LogP contribution in [-0.2, 0) is 0 Å². The molecule has 0 unspecified atom stereocenters. The Morgan fingerprint density at radius 3 is 2.48 bits per heavy atom. The molecule has 0 bridgehead atoms. The maximum atomic E-state index is 14.0. The Labute approximate surface area is 166 Å². The number of halogens is 3. The molecule has 0 aliphatic rings. The van der Waals surface area contributed by atoms with Gasteiger partial charge in [-0.15, -0.1) is 12.4 Å². The molecule has 1 amide bonds. The predicted octanol–water partition coefficient (Wildman–Crippen LogP) is 4.59. The first-order valence-electron chi connectivity index (χ1n) is 8.23. The SMILES string of the molecule is CN(C)CCCN(C(=O)c1ccccc1)c1nc2c(F)cc(F)cc2s1.Cl. The lowest BCUT2D eigenvalue weighted by atomic mass is 10.2. The van der Waals surface area contributed by atoms with Crippen LogP contribution in [0, 0.1) is 11.6 Å². The van der Waals surface area contributed by atoms with E-state index in [-0.39, 0.29) is 23.8 Å². The molecule has 27 heavy (non-hydrogen) atoms. The molecule has 0 aliphatic heterocycles. The first-order chi connectivity index (χ1) is 12.5. The average Bonchev–Trinajstić information content (AvgIpc) is 3.02. The number of aromatic nitrogens is 1. The van der Waals surface area contributed by atoms with E-state index in [0.29, 0.717) is 21.9 Å². The smallest absolute Gasteiger partial charge is 0.260 e. The van der Waals surface area contributed by atoms with Crippen molar-refractivity contribution in [1.29, 1.82) is 0 Å². The molecule has 8 heteroatoms. The largest absolute Gasteiger partial charge is 0.309 e. The maximum Gasteiger partial charge on any atom is 0.260 e. The Balaban J connectivity index is 0.00000261. The van der Waals surface area contributed by atoms with Crippen molar-refractivity contribution in [3.63, 3.8) is 0 Å². The first kappa shape index (κ1) is 21.2. The van der Waals surface area contributed by atoms with Crippen LogP contribution < -0.4 is 4.90 Å². The fourth-order valence-corrected chi connectivity index (χ4v) is 3.66. The first-order valence-corrected chi connectivity index (χ1v) is 9.04. The van der Waals surface area contributed by atoms with Crippen molar-refractivity contribution in [2.45, 2.75) is 6.42 Å². The summed E-state index contributed by atoms with van der Waals surface area (Å²) in [6.45, 7) is 1.24. The molecule has 4 nitrogen and oxygen atoms in total. The molecule has 0 aliphatic carbocycles. The Kier molecular flexibility index (Phi) is 7.24. The summed E-state index contributed by atoms with van der Waals surface area (Å²) < 4.78 is 27.9. The number of benzene rings is 2. The van der Waals surface area contributed by atoms with Gasteiger partial charge in [0, 0.05) is 18.2 Å². The molecule has 144 valence electrons. The molecule has 3 rings (SSSR count). The number of carbonyl (C=O) groups is 1. The molecule has 0 spiro atoms. The molecular formula is C19H20ClF2N3OS. The van der Waals surface area contributed by atoms with Gasteiger partial charge in [-0.25, -0.2) is 13.8 Å². The second-order valence-corrected chi connectivity index (χ2v) is 7.22. The molecule has 2 aromatic carbocycles. The fourth-order valence-electron chi connectivity index (χ4n) is 2.63. The lowest BCUT2D eigenvalue weighted by molar-refractivity contribution is 0.0986. The zero-order valence-corrected chi connectivity index (χ0v) is 16.6. The van der Waals surface area contributed by atoms with Crippen molar-refractivity contribution >= 4 is 45.0 Å². The van der Waals surface area contributed by atoms with Gasteiger partial charge in [-0.1, -0.05) is 29.5 Å². The van der Waals surface area contributed by atoms with Crippen LogP contribution in [0.1, 0.15) is 16.8 Å². The van der Waals surface area contributed by atoms with Crippen molar-refractivity contribution in [2.24, 2.45) is 0 Å². The third-order valence-electron chi connectivity index (χ3n) is 3.89. The van der Waals surface area contributed by atoms with Crippen molar-refractivity contribution in [2.75, 3.05) is 32.1 Å². The third kappa shape index (κ3) is 5.00. The molecule has 0 fully saturated rings. The van der Waals surface area contributed by atoms with Crippen molar-refractivity contribution in [1.82, 2.24) is 9.88 Å². The Morgan fingerprint density at radius 2 is 1.81 bits per heavy atom. The number of hydrogen-bond acceptors (Lipinski definition) is 4. The summed E-state index contributed by atoms with van der Waals surface area (Å²) in [5.74, 6) is -1.58. The van der Waals surface area contributed by atoms with Gasteiger partial charge in [0.2, 0.25) is 0 Å². The average molecular weight is 412 g/mol. The molecule has 0 N–H and O–H groups in total. The van der Waals surface area contributed by atoms with Gasteiger partial charge in [-0.2, -0.15) is 0 Å². The molecule has 3 aromatic rings. The van der Waals surface area contributed by atoms with Gasteiger partial charge >= 0.3 is 0 Å². The number of fused-ring (bicyclic) bond motifs is 1. The van der Waals surface area contributed by atoms with Gasteiger partial charge in [0.1, 0.15) is 11.3 Å². The van der Waals surface area contributed by atoms with Crippen LogP contribution in [0.4, 0.5) is 13.9 Å². The maximum absolute atomic E-state index is 14.0. The molecule has 0 saturated carbocycles. The van der Waals surface area contributed by atoms with Crippen LogP contribution in [0.3, 0.4) is 0 Å². The van der Waals surface area contributed by atoms with E-state index in [1.165, 1.54) is 6.07 Å². The van der Waals surface area contributed by atoms with Crippen LogP contribution in [-0.4, -0.2) is 43.0 Å². The highest BCUT2D eigenvalue weighted by atomic mass is 35.5. The van der Waals surface area contributed by atoms with Gasteiger partial charge in [0.15, 0.2) is 10.9 Å². The fraction of sp³-hybridized carbons (Fsp3) is 0.263.